The molecule has 1 aliphatic rings. The van der Waals surface area contributed by atoms with Crippen LogP contribution in [0.3, 0.4) is 0 Å². The third-order valence-electron chi connectivity index (χ3n) is 2.07. The van der Waals surface area contributed by atoms with Gasteiger partial charge < -0.3 is 9.47 Å². The van der Waals surface area contributed by atoms with E-state index in [9.17, 15) is 9.59 Å². The molecular formula is C9H13BrO4. The van der Waals surface area contributed by atoms with Crippen LogP contribution in [0.25, 0.3) is 0 Å². The fourth-order valence-electron chi connectivity index (χ4n) is 1.15. The van der Waals surface area contributed by atoms with Crippen LogP contribution < -0.4 is 0 Å². The normalized spacial score (nSPS) is 26.9. The zero-order valence-electron chi connectivity index (χ0n) is 8.37. The maximum absolute atomic E-state index is 11.3. The largest absolute Gasteiger partial charge is 0.462 e. The van der Waals surface area contributed by atoms with Crippen LogP contribution in [0.4, 0.5) is 0 Å². The van der Waals surface area contributed by atoms with Crippen molar-refractivity contribution in [1.82, 2.24) is 0 Å². The molecule has 2 atom stereocenters. The van der Waals surface area contributed by atoms with Crippen molar-refractivity contribution in [3.05, 3.63) is 0 Å². The fraction of sp³-hybridized carbons (Fsp3) is 0.778. The van der Waals surface area contributed by atoms with Gasteiger partial charge in [0.1, 0.15) is 11.4 Å². The molecule has 0 aromatic rings. The lowest BCUT2D eigenvalue weighted by molar-refractivity contribution is -0.162. The van der Waals surface area contributed by atoms with Crippen LogP contribution in [0.5, 0.6) is 0 Å². The summed E-state index contributed by atoms with van der Waals surface area (Å²) in [6, 6.07) is 0. The maximum atomic E-state index is 11.3. The molecule has 1 fully saturated rings. The number of halogens is 1. The molecule has 1 rings (SSSR count). The van der Waals surface area contributed by atoms with Gasteiger partial charge >= 0.3 is 11.9 Å². The summed E-state index contributed by atoms with van der Waals surface area (Å²) in [5.41, 5.74) is -0.436. The van der Waals surface area contributed by atoms with Gasteiger partial charge in [-0.1, -0.05) is 29.8 Å². The third-order valence-corrected chi connectivity index (χ3v) is 2.44. The molecule has 0 radical (unpaired) electrons. The summed E-state index contributed by atoms with van der Waals surface area (Å²) < 4.78 is 9.87. The summed E-state index contributed by atoms with van der Waals surface area (Å²) in [7, 11) is 0. The lowest BCUT2D eigenvalue weighted by Gasteiger charge is -2.22. The highest BCUT2D eigenvalue weighted by atomic mass is 79.9. The van der Waals surface area contributed by atoms with Crippen molar-refractivity contribution >= 4 is 27.9 Å². The molecule has 4 nitrogen and oxygen atoms in total. The van der Waals surface area contributed by atoms with Crippen LogP contribution in [0.2, 0.25) is 0 Å². The highest BCUT2D eigenvalue weighted by Gasteiger charge is 2.46. The molecule has 2 unspecified atom stereocenters. The number of carbonyl (C=O) groups excluding carboxylic acids is 2. The average molecular weight is 265 g/mol. The summed E-state index contributed by atoms with van der Waals surface area (Å²) in [5, 5.41) is 0. The zero-order chi connectivity index (χ0) is 10.9. The lowest BCUT2D eigenvalue weighted by Crippen LogP contribution is -2.36. The molecule has 0 spiro atoms. The topological polar surface area (TPSA) is 52.6 Å². The van der Waals surface area contributed by atoms with Gasteiger partial charge in [0.25, 0.3) is 0 Å². The molecule has 1 aliphatic heterocycles. The highest BCUT2D eigenvalue weighted by molar-refractivity contribution is 9.10. The molecule has 14 heavy (non-hydrogen) atoms. The van der Waals surface area contributed by atoms with E-state index >= 15 is 0 Å². The molecular weight excluding hydrogens is 252 g/mol. The molecule has 0 bridgehead atoms. The van der Waals surface area contributed by atoms with Crippen LogP contribution in [-0.2, 0) is 19.1 Å². The van der Waals surface area contributed by atoms with Crippen LogP contribution >= 0.6 is 15.9 Å². The Morgan fingerprint density at radius 3 is 2.64 bits per heavy atom. The van der Waals surface area contributed by atoms with Crippen molar-refractivity contribution in [1.29, 1.82) is 0 Å². The predicted molar refractivity (Wildman–Crippen MR) is 53.0 cm³/mol. The van der Waals surface area contributed by atoms with Gasteiger partial charge in [-0.3, -0.25) is 4.79 Å². The quantitative estimate of drug-likeness (QED) is 0.557. The number of rotatable bonds is 2. The first-order chi connectivity index (χ1) is 6.34. The van der Waals surface area contributed by atoms with Crippen molar-refractivity contribution in [2.45, 2.75) is 31.7 Å². The highest BCUT2D eigenvalue weighted by Crippen LogP contribution is 2.31. The van der Waals surface area contributed by atoms with E-state index in [-0.39, 0.29) is 0 Å². The smallest absolute Gasteiger partial charge is 0.348 e. The first-order valence-electron chi connectivity index (χ1n) is 4.36. The Hall–Kier alpha value is -0.580. The average Bonchev–Trinajstić information content (AvgIpc) is 2.31. The first kappa shape index (κ1) is 11.5. The minimum Gasteiger partial charge on any atom is -0.462 e. The van der Waals surface area contributed by atoms with Gasteiger partial charge in [0.05, 0.1) is 0 Å². The van der Waals surface area contributed by atoms with Crippen molar-refractivity contribution in [2.24, 2.45) is 5.41 Å². The van der Waals surface area contributed by atoms with E-state index in [0.29, 0.717) is 6.61 Å². The second-order valence-corrected chi connectivity index (χ2v) is 5.40. The SMILES string of the molecule is CC(Br)C(=O)OC1C(=O)OCC1(C)C. The summed E-state index contributed by atoms with van der Waals surface area (Å²) in [6.45, 7) is 5.60. The molecule has 0 amide bonds. The number of hydrogen-bond donors (Lipinski definition) is 0. The van der Waals surface area contributed by atoms with Gasteiger partial charge in [0.2, 0.25) is 6.10 Å². The number of hydrogen-bond acceptors (Lipinski definition) is 4. The minimum absolute atomic E-state index is 0.292. The maximum Gasteiger partial charge on any atom is 0.348 e. The van der Waals surface area contributed by atoms with Crippen LogP contribution in [0.15, 0.2) is 0 Å². The molecule has 5 heteroatoms. The van der Waals surface area contributed by atoms with Crippen LogP contribution in [0.1, 0.15) is 20.8 Å². The van der Waals surface area contributed by atoms with Gasteiger partial charge in [-0.2, -0.15) is 0 Å². The van der Waals surface area contributed by atoms with E-state index < -0.39 is 28.3 Å². The monoisotopic (exact) mass is 264 g/mol. The number of ether oxygens (including phenoxy) is 2. The number of alkyl halides is 1. The van der Waals surface area contributed by atoms with E-state index in [4.69, 9.17) is 9.47 Å². The number of cyclic esters (lactones) is 1. The molecule has 0 aromatic heterocycles. The second kappa shape index (κ2) is 3.88. The van der Waals surface area contributed by atoms with Crippen LogP contribution in [0, 0.1) is 5.41 Å². The van der Waals surface area contributed by atoms with E-state index in [2.05, 4.69) is 15.9 Å². The number of carbonyl (C=O) groups is 2. The zero-order valence-corrected chi connectivity index (χ0v) is 9.96. The van der Waals surface area contributed by atoms with E-state index in [1.807, 2.05) is 13.8 Å². The summed E-state index contributed by atoms with van der Waals surface area (Å²) in [5.74, 6) is -0.904. The summed E-state index contributed by atoms with van der Waals surface area (Å²) in [4.78, 5) is 22.1. The predicted octanol–water partition coefficient (Wildman–Crippen LogP) is 1.26. The van der Waals surface area contributed by atoms with Crippen LogP contribution in [-0.4, -0.2) is 29.5 Å². The fourth-order valence-corrected chi connectivity index (χ4v) is 1.25. The third kappa shape index (κ3) is 2.26. The Morgan fingerprint density at radius 1 is 1.71 bits per heavy atom. The van der Waals surface area contributed by atoms with Gasteiger partial charge in [0, 0.05) is 5.41 Å². The summed E-state index contributed by atoms with van der Waals surface area (Å²) in [6.07, 6.45) is -0.782. The Labute approximate surface area is 91.1 Å². The van der Waals surface area contributed by atoms with Gasteiger partial charge in [0.15, 0.2) is 0 Å². The molecule has 0 saturated carbocycles. The Balaban J connectivity index is 2.67. The first-order valence-corrected chi connectivity index (χ1v) is 5.27. The van der Waals surface area contributed by atoms with Crippen molar-refractivity contribution in [3.63, 3.8) is 0 Å². The molecule has 1 saturated heterocycles. The molecule has 0 aliphatic carbocycles. The Morgan fingerprint density at radius 2 is 2.29 bits per heavy atom. The lowest BCUT2D eigenvalue weighted by atomic mass is 9.90. The molecule has 0 N–H and O–H groups in total. The molecule has 1 heterocycles. The van der Waals surface area contributed by atoms with E-state index in [1.165, 1.54) is 0 Å². The van der Waals surface area contributed by atoms with E-state index in [0.717, 1.165) is 0 Å². The van der Waals surface area contributed by atoms with E-state index in [1.54, 1.807) is 6.92 Å². The van der Waals surface area contributed by atoms with Crippen molar-refractivity contribution < 1.29 is 19.1 Å². The molecule has 0 aromatic carbocycles. The van der Waals surface area contributed by atoms with Gasteiger partial charge in [-0.25, -0.2) is 4.79 Å². The standard InChI is InChI=1S/C9H13BrO4/c1-5(10)7(11)14-6-8(12)13-4-9(6,2)3/h5-6H,4H2,1-3H3. The van der Waals surface area contributed by atoms with Gasteiger partial charge in [-0.15, -0.1) is 0 Å². The Kier molecular flexibility index (Phi) is 3.19. The molecule has 80 valence electrons. The minimum atomic E-state index is -0.782. The summed E-state index contributed by atoms with van der Waals surface area (Å²) >= 11 is 3.08. The van der Waals surface area contributed by atoms with Crippen molar-refractivity contribution in [3.8, 4) is 0 Å². The number of esters is 2. The van der Waals surface area contributed by atoms with Gasteiger partial charge in [-0.05, 0) is 6.92 Å². The Bertz CT molecular complexity index is 260. The van der Waals surface area contributed by atoms with Crippen molar-refractivity contribution in [2.75, 3.05) is 6.61 Å². The second-order valence-electron chi connectivity index (χ2n) is 4.03.